The van der Waals surface area contributed by atoms with Crippen molar-refractivity contribution in [2.24, 2.45) is 22.7 Å². The van der Waals surface area contributed by atoms with Gasteiger partial charge in [0.2, 0.25) is 0 Å². The van der Waals surface area contributed by atoms with Gasteiger partial charge in [0.15, 0.2) is 5.78 Å². The van der Waals surface area contributed by atoms with Crippen LogP contribution >= 0.6 is 0 Å². The lowest BCUT2D eigenvalue weighted by Crippen LogP contribution is -2.47. The molecular weight excluding hydrogens is 288 g/mol. The van der Waals surface area contributed by atoms with Gasteiger partial charge in [-0.2, -0.15) is 0 Å². The van der Waals surface area contributed by atoms with Crippen LogP contribution in [0.1, 0.15) is 79.6 Å². The topological polar surface area (TPSA) is 54.4 Å². The van der Waals surface area contributed by atoms with E-state index >= 15 is 0 Å². The van der Waals surface area contributed by atoms with E-state index < -0.39 is 5.97 Å². The first-order valence-electron chi connectivity index (χ1n) is 9.03. The molecule has 0 aromatic heterocycles. The summed E-state index contributed by atoms with van der Waals surface area (Å²) in [5, 5.41) is 8.96. The number of ketones is 1. The van der Waals surface area contributed by atoms with Crippen LogP contribution in [0.3, 0.4) is 0 Å². The molecule has 0 unspecified atom stereocenters. The van der Waals surface area contributed by atoms with Crippen molar-refractivity contribution in [2.75, 3.05) is 0 Å². The first-order valence-corrected chi connectivity index (χ1v) is 9.03. The van der Waals surface area contributed by atoms with Crippen molar-refractivity contribution in [3.8, 4) is 0 Å². The fourth-order valence-corrected chi connectivity index (χ4v) is 5.18. The van der Waals surface area contributed by atoms with E-state index in [1.165, 1.54) is 18.4 Å². The largest absolute Gasteiger partial charge is 0.481 e. The predicted octanol–water partition coefficient (Wildman–Crippen LogP) is 5.00. The van der Waals surface area contributed by atoms with Gasteiger partial charge in [-0.05, 0) is 60.8 Å². The summed E-state index contributed by atoms with van der Waals surface area (Å²) in [5.41, 5.74) is 2.61. The summed E-state index contributed by atoms with van der Waals surface area (Å²) in [7, 11) is 0. The number of allylic oxidation sites excluding steroid dienone is 2. The summed E-state index contributed by atoms with van der Waals surface area (Å²) < 4.78 is 0. The van der Waals surface area contributed by atoms with Crippen molar-refractivity contribution < 1.29 is 14.7 Å². The monoisotopic (exact) mass is 320 g/mol. The second-order valence-corrected chi connectivity index (χ2v) is 8.78. The first-order chi connectivity index (χ1) is 10.6. The number of hydrogen-bond donors (Lipinski definition) is 1. The van der Waals surface area contributed by atoms with Gasteiger partial charge in [0.05, 0.1) is 0 Å². The minimum Gasteiger partial charge on any atom is -0.481 e. The SMILES string of the molecule is CC1=C(CC[C@@H](C)CC(=O)O)[C@@]2(C)CCCC(C)(C)[C@@H]2CC1=O. The third-order valence-corrected chi connectivity index (χ3v) is 6.59. The summed E-state index contributed by atoms with van der Waals surface area (Å²) in [4.78, 5) is 23.4. The molecule has 2 aliphatic rings. The smallest absolute Gasteiger partial charge is 0.303 e. The van der Waals surface area contributed by atoms with Gasteiger partial charge in [0.1, 0.15) is 0 Å². The van der Waals surface area contributed by atoms with E-state index in [-0.39, 0.29) is 23.2 Å². The molecule has 0 aromatic carbocycles. The normalized spacial score (nSPS) is 31.7. The number of fused-ring (bicyclic) bond motifs is 1. The van der Waals surface area contributed by atoms with Gasteiger partial charge in [0, 0.05) is 12.8 Å². The summed E-state index contributed by atoms with van der Waals surface area (Å²) in [6, 6.07) is 0. The van der Waals surface area contributed by atoms with Gasteiger partial charge in [-0.1, -0.05) is 39.7 Å². The van der Waals surface area contributed by atoms with Crippen molar-refractivity contribution in [2.45, 2.75) is 79.6 Å². The van der Waals surface area contributed by atoms with Crippen LogP contribution in [0.25, 0.3) is 0 Å². The molecule has 0 amide bonds. The molecular formula is C20H32O3. The molecule has 0 aromatic rings. The van der Waals surface area contributed by atoms with Gasteiger partial charge in [0.25, 0.3) is 0 Å². The van der Waals surface area contributed by atoms with Gasteiger partial charge in [-0.25, -0.2) is 0 Å². The minimum absolute atomic E-state index is 0.114. The third kappa shape index (κ3) is 3.54. The Hall–Kier alpha value is -1.12. The van der Waals surface area contributed by atoms with Crippen LogP contribution in [0, 0.1) is 22.7 Å². The Kier molecular flexibility index (Phi) is 5.08. The van der Waals surface area contributed by atoms with Crippen LogP contribution in [0.4, 0.5) is 0 Å². The van der Waals surface area contributed by atoms with Crippen molar-refractivity contribution in [1.29, 1.82) is 0 Å². The highest BCUT2D eigenvalue weighted by atomic mass is 16.4. The Morgan fingerprint density at radius 2 is 1.96 bits per heavy atom. The molecule has 23 heavy (non-hydrogen) atoms. The average molecular weight is 320 g/mol. The van der Waals surface area contributed by atoms with Crippen LogP contribution < -0.4 is 0 Å². The Balaban J connectivity index is 2.26. The fourth-order valence-electron chi connectivity index (χ4n) is 5.18. The molecule has 0 radical (unpaired) electrons. The molecule has 0 aliphatic heterocycles. The number of carboxylic acids is 1. The Bertz CT molecular complexity index is 529. The lowest BCUT2D eigenvalue weighted by molar-refractivity contribution is -0.138. The number of rotatable bonds is 5. The number of hydrogen-bond acceptors (Lipinski definition) is 2. The molecule has 3 nitrogen and oxygen atoms in total. The van der Waals surface area contributed by atoms with Crippen molar-refractivity contribution in [3.05, 3.63) is 11.1 Å². The molecule has 3 heteroatoms. The van der Waals surface area contributed by atoms with E-state index in [9.17, 15) is 9.59 Å². The molecule has 2 aliphatic carbocycles. The Morgan fingerprint density at radius 3 is 2.57 bits per heavy atom. The van der Waals surface area contributed by atoms with E-state index in [2.05, 4.69) is 20.8 Å². The number of carbonyl (C=O) groups excluding carboxylic acids is 1. The maximum absolute atomic E-state index is 12.6. The summed E-state index contributed by atoms with van der Waals surface area (Å²) in [6.45, 7) is 11.0. The average Bonchev–Trinajstić information content (AvgIpc) is 2.40. The highest BCUT2D eigenvalue weighted by Crippen LogP contribution is 2.59. The maximum atomic E-state index is 12.6. The number of carboxylic acid groups (broad SMARTS) is 1. The molecule has 130 valence electrons. The Morgan fingerprint density at radius 1 is 1.30 bits per heavy atom. The summed E-state index contributed by atoms with van der Waals surface area (Å²) in [6.07, 6.45) is 6.20. The Labute approximate surface area is 140 Å². The van der Waals surface area contributed by atoms with Crippen LogP contribution in [0.5, 0.6) is 0 Å². The third-order valence-electron chi connectivity index (χ3n) is 6.59. The van der Waals surface area contributed by atoms with Gasteiger partial charge >= 0.3 is 5.97 Å². The second kappa shape index (κ2) is 6.41. The van der Waals surface area contributed by atoms with E-state index in [1.807, 2.05) is 13.8 Å². The number of aliphatic carboxylic acids is 1. The lowest BCUT2D eigenvalue weighted by atomic mass is 9.49. The molecule has 2 rings (SSSR count). The van der Waals surface area contributed by atoms with Gasteiger partial charge in [-0.15, -0.1) is 0 Å². The molecule has 1 N–H and O–H groups in total. The molecule has 0 heterocycles. The summed E-state index contributed by atoms with van der Waals surface area (Å²) >= 11 is 0. The zero-order valence-electron chi connectivity index (χ0n) is 15.4. The van der Waals surface area contributed by atoms with Gasteiger partial charge in [-0.3, -0.25) is 9.59 Å². The van der Waals surface area contributed by atoms with Gasteiger partial charge < -0.3 is 5.11 Å². The zero-order valence-corrected chi connectivity index (χ0v) is 15.4. The van der Waals surface area contributed by atoms with Crippen LogP contribution in [-0.2, 0) is 9.59 Å². The second-order valence-electron chi connectivity index (χ2n) is 8.78. The maximum Gasteiger partial charge on any atom is 0.303 e. The molecule has 1 fully saturated rings. The molecule has 1 saturated carbocycles. The van der Waals surface area contributed by atoms with E-state index in [0.29, 0.717) is 18.1 Å². The van der Waals surface area contributed by atoms with Crippen LogP contribution in [-0.4, -0.2) is 16.9 Å². The highest BCUT2D eigenvalue weighted by Gasteiger charge is 2.51. The van der Waals surface area contributed by atoms with E-state index in [1.54, 1.807) is 0 Å². The van der Waals surface area contributed by atoms with Crippen LogP contribution in [0.2, 0.25) is 0 Å². The fraction of sp³-hybridized carbons (Fsp3) is 0.800. The predicted molar refractivity (Wildman–Crippen MR) is 92.2 cm³/mol. The standard InChI is InChI=1S/C20H32O3/c1-13(11-18(22)23)7-8-15-14(2)16(21)12-17-19(3,4)9-6-10-20(15,17)5/h13,17H,6-12H2,1-5H3,(H,22,23)/t13-,17+,20-/m1/s1. The molecule has 0 bridgehead atoms. The lowest BCUT2D eigenvalue weighted by Gasteiger charge is -2.54. The number of carbonyl (C=O) groups is 2. The van der Waals surface area contributed by atoms with Crippen molar-refractivity contribution in [1.82, 2.24) is 0 Å². The van der Waals surface area contributed by atoms with E-state index in [4.69, 9.17) is 5.11 Å². The summed E-state index contributed by atoms with van der Waals surface area (Å²) in [5.74, 6) is 0.155. The van der Waals surface area contributed by atoms with Crippen molar-refractivity contribution >= 4 is 11.8 Å². The molecule has 0 saturated heterocycles. The zero-order chi connectivity index (χ0) is 17.4. The first kappa shape index (κ1) is 18.2. The molecule has 0 spiro atoms. The quantitative estimate of drug-likeness (QED) is 0.775. The van der Waals surface area contributed by atoms with E-state index in [0.717, 1.165) is 24.8 Å². The number of Topliss-reactive ketones (excluding diaryl/α,β-unsaturated/α-hetero) is 1. The van der Waals surface area contributed by atoms with Crippen LogP contribution in [0.15, 0.2) is 11.1 Å². The van der Waals surface area contributed by atoms with Crippen molar-refractivity contribution in [3.63, 3.8) is 0 Å². The molecule has 3 atom stereocenters. The minimum atomic E-state index is -0.731. The highest BCUT2D eigenvalue weighted by molar-refractivity contribution is 5.97.